The molecule has 3 N–H and O–H groups in total. The largest absolute Gasteiger partial charge is 0.325 e. The third-order valence-corrected chi connectivity index (χ3v) is 2.70. The van der Waals surface area contributed by atoms with E-state index in [0.717, 1.165) is 0 Å². The predicted molar refractivity (Wildman–Crippen MR) is 73.0 cm³/mol. The second-order valence-corrected chi connectivity index (χ2v) is 5.71. The molecule has 0 aliphatic rings. The van der Waals surface area contributed by atoms with E-state index in [9.17, 15) is 4.79 Å². The van der Waals surface area contributed by atoms with E-state index in [4.69, 9.17) is 40.5 Å². The van der Waals surface area contributed by atoms with Crippen molar-refractivity contribution in [3.05, 3.63) is 27.2 Å². The first-order chi connectivity index (χ1) is 7.69. The van der Waals surface area contributed by atoms with Crippen molar-refractivity contribution in [2.45, 2.75) is 25.8 Å². The summed E-state index contributed by atoms with van der Waals surface area (Å²) in [5.41, 5.74) is 5.51. The number of nitrogens with one attached hydrogen (secondary N) is 1. The first-order valence-corrected chi connectivity index (χ1v) is 6.06. The molecule has 0 saturated carbocycles. The molecule has 17 heavy (non-hydrogen) atoms. The Morgan fingerprint density at radius 2 is 1.76 bits per heavy atom. The first-order valence-electron chi connectivity index (χ1n) is 4.92. The van der Waals surface area contributed by atoms with Crippen molar-refractivity contribution >= 4 is 46.4 Å². The molecule has 0 aliphatic heterocycles. The zero-order valence-electron chi connectivity index (χ0n) is 9.48. The van der Waals surface area contributed by atoms with Crippen molar-refractivity contribution in [3.63, 3.8) is 0 Å². The van der Waals surface area contributed by atoms with Gasteiger partial charge in [-0.2, -0.15) is 0 Å². The lowest BCUT2D eigenvalue weighted by molar-refractivity contribution is -0.117. The molecule has 3 nitrogen and oxygen atoms in total. The first kappa shape index (κ1) is 14.6. The van der Waals surface area contributed by atoms with E-state index in [1.54, 1.807) is 13.8 Å². The van der Waals surface area contributed by atoms with Gasteiger partial charge in [0.1, 0.15) is 0 Å². The lowest BCUT2D eigenvalue weighted by Gasteiger charge is -2.18. The van der Waals surface area contributed by atoms with Gasteiger partial charge in [0.15, 0.2) is 0 Å². The Labute approximate surface area is 115 Å². The van der Waals surface area contributed by atoms with E-state index in [1.165, 1.54) is 12.1 Å². The van der Waals surface area contributed by atoms with Crippen LogP contribution in [0.5, 0.6) is 0 Å². The van der Waals surface area contributed by atoms with Crippen LogP contribution in [-0.4, -0.2) is 11.4 Å². The Kier molecular flexibility index (Phi) is 4.67. The number of nitrogens with two attached hydrogens (primary N) is 1. The van der Waals surface area contributed by atoms with Crippen molar-refractivity contribution < 1.29 is 4.79 Å². The van der Waals surface area contributed by atoms with Gasteiger partial charge >= 0.3 is 0 Å². The van der Waals surface area contributed by atoms with Crippen molar-refractivity contribution in [2.75, 3.05) is 5.32 Å². The van der Waals surface area contributed by atoms with E-state index in [2.05, 4.69) is 5.32 Å². The van der Waals surface area contributed by atoms with Crippen LogP contribution in [0.3, 0.4) is 0 Å². The summed E-state index contributed by atoms with van der Waals surface area (Å²) in [6.45, 7) is 3.52. The van der Waals surface area contributed by atoms with E-state index in [-0.39, 0.29) is 12.3 Å². The van der Waals surface area contributed by atoms with Crippen LogP contribution in [0.2, 0.25) is 15.1 Å². The van der Waals surface area contributed by atoms with Crippen molar-refractivity contribution in [1.29, 1.82) is 0 Å². The number of benzene rings is 1. The highest BCUT2D eigenvalue weighted by Gasteiger charge is 2.18. The summed E-state index contributed by atoms with van der Waals surface area (Å²) in [5.74, 6) is -0.247. The SMILES string of the molecule is CC(C)(N)CC(=O)Nc1c(Cl)cc(Cl)cc1Cl. The third-order valence-electron chi connectivity index (χ3n) is 1.89. The summed E-state index contributed by atoms with van der Waals surface area (Å²) >= 11 is 17.6. The maximum Gasteiger partial charge on any atom is 0.226 e. The molecule has 6 heteroatoms. The molecular weight excluding hydrogens is 282 g/mol. The molecule has 1 rings (SSSR count). The predicted octanol–water partition coefficient (Wildman–Crippen LogP) is 3.71. The normalized spacial score (nSPS) is 11.4. The van der Waals surface area contributed by atoms with Gasteiger partial charge in [-0.3, -0.25) is 4.79 Å². The minimum absolute atomic E-state index is 0.169. The quantitative estimate of drug-likeness (QED) is 0.893. The van der Waals surface area contributed by atoms with Gasteiger partial charge in [-0.05, 0) is 26.0 Å². The van der Waals surface area contributed by atoms with Crippen LogP contribution in [0.1, 0.15) is 20.3 Å². The van der Waals surface area contributed by atoms with Gasteiger partial charge in [-0.15, -0.1) is 0 Å². The summed E-state index contributed by atoms with van der Waals surface area (Å²) in [6, 6.07) is 3.02. The number of hydrogen-bond donors (Lipinski definition) is 2. The van der Waals surface area contributed by atoms with E-state index in [0.29, 0.717) is 20.8 Å². The molecule has 0 unspecified atom stereocenters. The van der Waals surface area contributed by atoms with Crippen LogP contribution in [0.4, 0.5) is 5.69 Å². The van der Waals surface area contributed by atoms with Crippen LogP contribution >= 0.6 is 34.8 Å². The van der Waals surface area contributed by atoms with Gasteiger partial charge in [0.25, 0.3) is 0 Å². The summed E-state index contributed by atoms with van der Waals surface area (Å²) < 4.78 is 0. The summed E-state index contributed by atoms with van der Waals surface area (Å²) in [5, 5.41) is 3.63. The molecule has 1 amide bonds. The minimum Gasteiger partial charge on any atom is -0.325 e. The van der Waals surface area contributed by atoms with E-state index in [1.807, 2.05) is 0 Å². The number of carbonyl (C=O) groups excluding carboxylic acids is 1. The van der Waals surface area contributed by atoms with Crippen LogP contribution in [0.25, 0.3) is 0 Å². The summed E-state index contributed by atoms with van der Waals surface area (Å²) in [6.07, 6.45) is 0.169. The van der Waals surface area contributed by atoms with Crippen molar-refractivity contribution in [2.24, 2.45) is 5.73 Å². The Morgan fingerprint density at radius 3 is 2.18 bits per heavy atom. The molecule has 0 aliphatic carbocycles. The molecule has 0 spiro atoms. The highest BCUT2D eigenvalue weighted by Crippen LogP contribution is 2.33. The van der Waals surface area contributed by atoms with Crippen LogP contribution < -0.4 is 11.1 Å². The number of anilines is 1. The number of amides is 1. The van der Waals surface area contributed by atoms with Crippen LogP contribution in [0.15, 0.2) is 12.1 Å². The molecule has 0 bridgehead atoms. The summed E-state index contributed by atoms with van der Waals surface area (Å²) in [4.78, 5) is 11.7. The van der Waals surface area contributed by atoms with E-state index < -0.39 is 5.54 Å². The third kappa shape index (κ3) is 4.72. The fourth-order valence-corrected chi connectivity index (χ4v) is 2.17. The van der Waals surface area contributed by atoms with Gasteiger partial charge in [-0.25, -0.2) is 0 Å². The molecular formula is C11H13Cl3N2O. The van der Waals surface area contributed by atoms with Gasteiger partial charge in [-0.1, -0.05) is 34.8 Å². The monoisotopic (exact) mass is 294 g/mol. The van der Waals surface area contributed by atoms with Crippen molar-refractivity contribution in [1.82, 2.24) is 0 Å². The van der Waals surface area contributed by atoms with Gasteiger partial charge in [0, 0.05) is 17.0 Å². The Balaban J connectivity index is 2.86. The van der Waals surface area contributed by atoms with Crippen LogP contribution in [0, 0.1) is 0 Å². The molecule has 0 aromatic heterocycles. The number of carbonyl (C=O) groups is 1. The fourth-order valence-electron chi connectivity index (χ4n) is 1.26. The maximum atomic E-state index is 11.7. The fraction of sp³-hybridized carbons (Fsp3) is 0.364. The minimum atomic E-state index is -0.588. The zero-order chi connectivity index (χ0) is 13.2. The number of hydrogen-bond acceptors (Lipinski definition) is 2. The second kappa shape index (κ2) is 5.44. The Hall–Kier alpha value is -0.480. The van der Waals surface area contributed by atoms with E-state index >= 15 is 0 Å². The molecule has 0 radical (unpaired) electrons. The molecule has 94 valence electrons. The second-order valence-electron chi connectivity index (χ2n) is 4.46. The van der Waals surface area contributed by atoms with Crippen LogP contribution in [-0.2, 0) is 4.79 Å². The highest BCUT2D eigenvalue weighted by molar-refractivity contribution is 6.42. The van der Waals surface area contributed by atoms with Gasteiger partial charge in [0.2, 0.25) is 5.91 Å². The number of rotatable bonds is 3. The average Bonchev–Trinajstić information content (AvgIpc) is 2.08. The lowest BCUT2D eigenvalue weighted by atomic mass is 10.0. The van der Waals surface area contributed by atoms with Crippen molar-refractivity contribution in [3.8, 4) is 0 Å². The molecule has 1 aromatic carbocycles. The smallest absolute Gasteiger partial charge is 0.226 e. The van der Waals surface area contributed by atoms with Gasteiger partial charge < -0.3 is 11.1 Å². The van der Waals surface area contributed by atoms with Gasteiger partial charge in [0.05, 0.1) is 15.7 Å². The highest BCUT2D eigenvalue weighted by atomic mass is 35.5. The Bertz CT molecular complexity index is 418. The standard InChI is InChI=1S/C11H13Cl3N2O/c1-11(2,15)5-9(17)16-10-7(13)3-6(12)4-8(10)14/h3-4H,5,15H2,1-2H3,(H,16,17). The maximum absolute atomic E-state index is 11.7. The Morgan fingerprint density at radius 1 is 1.29 bits per heavy atom. The zero-order valence-corrected chi connectivity index (χ0v) is 11.7. The number of halogens is 3. The molecule has 0 saturated heterocycles. The topological polar surface area (TPSA) is 55.1 Å². The molecule has 1 aromatic rings. The summed E-state index contributed by atoms with van der Waals surface area (Å²) in [7, 11) is 0. The molecule has 0 atom stereocenters. The average molecular weight is 296 g/mol. The lowest BCUT2D eigenvalue weighted by Crippen LogP contribution is -2.36. The molecule has 0 heterocycles. The molecule has 0 fully saturated rings.